The number of benzene rings is 1. The van der Waals surface area contributed by atoms with Crippen molar-refractivity contribution < 1.29 is 8.78 Å². The zero-order valence-electron chi connectivity index (χ0n) is 13.0. The van der Waals surface area contributed by atoms with Crippen molar-refractivity contribution in [3.05, 3.63) is 52.4 Å². The van der Waals surface area contributed by atoms with Crippen molar-refractivity contribution in [2.24, 2.45) is 4.99 Å². The van der Waals surface area contributed by atoms with Gasteiger partial charge in [0.15, 0.2) is 0 Å². The third-order valence-corrected chi connectivity index (χ3v) is 4.01. The van der Waals surface area contributed by atoms with E-state index in [0.717, 1.165) is 17.7 Å². The first-order chi connectivity index (χ1) is 11.6. The fourth-order valence-corrected chi connectivity index (χ4v) is 2.60. The zero-order chi connectivity index (χ0) is 17.1. The molecule has 0 bridgehead atoms. The molecule has 0 unspecified atom stereocenters. The van der Waals surface area contributed by atoms with Gasteiger partial charge in [0.1, 0.15) is 12.4 Å². The van der Waals surface area contributed by atoms with Gasteiger partial charge in [-0.2, -0.15) is 0 Å². The van der Waals surface area contributed by atoms with Crippen molar-refractivity contribution in [1.29, 1.82) is 0 Å². The summed E-state index contributed by atoms with van der Waals surface area (Å²) in [4.78, 5) is 6.32. The quantitative estimate of drug-likeness (QED) is 0.818. The molecule has 1 aliphatic heterocycles. The SMILES string of the molecule is CCC1=CN(Cc2cn(-c3ccc(Cl)c(C(F)F)c3)nn2)CN=C1. The Bertz CT molecular complexity index is 785. The summed E-state index contributed by atoms with van der Waals surface area (Å²) >= 11 is 5.79. The van der Waals surface area contributed by atoms with Gasteiger partial charge >= 0.3 is 0 Å². The number of rotatable bonds is 5. The molecule has 2 aromatic rings. The first-order valence-corrected chi connectivity index (χ1v) is 7.88. The van der Waals surface area contributed by atoms with Crippen molar-refractivity contribution >= 4 is 17.8 Å². The summed E-state index contributed by atoms with van der Waals surface area (Å²) in [7, 11) is 0. The molecule has 1 aromatic carbocycles. The van der Waals surface area contributed by atoms with E-state index >= 15 is 0 Å². The van der Waals surface area contributed by atoms with Gasteiger partial charge in [0.05, 0.1) is 18.4 Å². The van der Waals surface area contributed by atoms with E-state index in [-0.39, 0.29) is 10.6 Å². The fourth-order valence-electron chi connectivity index (χ4n) is 2.40. The highest BCUT2D eigenvalue weighted by molar-refractivity contribution is 6.31. The van der Waals surface area contributed by atoms with Crippen LogP contribution in [0.1, 0.15) is 31.0 Å². The molecule has 0 spiro atoms. The summed E-state index contributed by atoms with van der Waals surface area (Å²) in [6.45, 7) is 3.18. The van der Waals surface area contributed by atoms with Gasteiger partial charge < -0.3 is 4.90 Å². The topological polar surface area (TPSA) is 46.3 Å². The fraction of sp³-hybridized carbons (Fsp3) is 0.312. The number of aromatic nitrogens is 3. The van der Waals surface area contributed by atoms with E-state index in [2.05, 4.69) is 22.2 Å². The number of halogens is 3. The normalized spacial score (nSPS) is 14.4. The molecule has 0 radical (unpaired) electrons. The van der Waals surface area contributed by atoms with Gasteiger partial charge in [0.2, 0.25) is 0 Å². The second kappa shape index (κ2) is 7.09. The first kappa shape index (κ1) is 16.6. The summed E-state index contributed by atoms with van der Waals surface area (Å²) in [6, 6.07) is 4.40. The third kappa shape index (κ3) is 3.62. The van der Waals surface area contributed by atoms with Gasteiger partial charge in [-0.3, -0.25) is 4.99 Å². The molecule has 0 fully saturated rings. The van der Waals surface area contributed by atoms with Crippen molar-refractivity contribution in [3.8, 4) is 5.69 Å². The largest absolute Gasteiger partial charge is 0.352 e. The molecule has 2 heterocycles. The van der Waals surface area contributed by atoms with Gasteiger partial charge in [0, 0.05) is 23.0 Å². The Morgan fingerprint density at radius 3 is 2.92 bits per heavy atom. The summed E-state index contributed by atoms with van der Waals surface area (Å²) in [5, 5.41) is 8.16. The van der Waals surface area contributed by atoms with E-state index in [1.807, 2.05) is 17.3 Å². The number of nitrogens with zero attached hydrogens (tertiary/aromatic N) is 5. The molecule has 0 saturated carbocycles. The van der Waals surface area contributed by atoms with Crippen LogP contribution in [0.25, 0.3) is 5.69 Å². The molecular formula is C16H16ClF2N5. The number of hydrogen-bond donors (Lipinski definition) is 0. The van der Waals surface area contributed by atoms with E-state index in [9.17, 15) is 8.78 Å². The predicted molar refractivity (Wildman–Crippen MR) is 88.6 cm³/mol. The van der Waals surface area contributed by atoms with Crippen LogP contribution in [-0.2, 0) is 6.54 Å². The maximum atomic E-state index is 13.0. The Hall–Kier alpha value is -2.28. The van der Waals surface area contributed by atoms with Crippen LogP contribution in [0, 0.1) is 0 Å². The summed E-state index contributed by atoms with van der Waals surface area (Å²) in [5.41, 5.74) is 2.15. The maximum absolute atomic E-state index is 13.0. The first-order valence-electron chi connectivity index (χ1n) is 7.50. The van der Waals surface area contributed by atoms with Crippen molar-refractivity contribution in [2.75, 3.05) is 6.67 Å². The van der Waals surface area contributed by atoms with Crippen LogP contribution < -0.4 is 0 Å². The number of alkyl halides is 2. The molecule has 3 rings (SSSR count). The molecule has 24 heavy (non-hydrogen) atoms. The zero-order valence-corrected chi connectivity index (χ0v) is 13.8. The minimum atomic E-state index is -2.63. The molecule has 0 saturated heterocycles. The summed E-state index contributed by atoms with van der Waals surface area (Å²) in [6.07, 6.45) is 3.91. The summed E-state index contributed by atoms with van der Waals surface area (Å²) in [5.74, 6) is 0. The molecule has 1 aromatic heterocycles. The molecule has 8 heteroatoms. The van der Waals surface area contributed by atoms with Crippen LogP contribution in [0.2, 0.25) is 5.02 Å². The Balaban J connectivity index is 1.78. The van der Waals surface area contributed by atoms with Crippen molar-refractivity contribution in [2.45, 2.75) is 26.3 Å². The molecule has 0 aliphatic carbocycles. The lowest BCUT2D eigenvalue weighted by Gasteiger charge is -2.20. The Morgan fingerprint density at radius 1 is 1.33 bits per heavy atom. The van der Waals surface area contributed by atoms with Crippen LogP contribution in [0.15, 0.2) is 41.2 Å². The van der Waals surface area contributed by atoms with Crippen LogP contribution in [-0.4, -0.2) is 32.8 Å². The second-order valence-corrected chi connectivity index (χ2v) is 5.83. The van der Waals surface area contributed by atoms with Gasteiger partial charge in [-0.05, 0) is 30.2 Å². The molecule has 126 valence electrons. The highest BCUT2D eigenvalue weighted by Gasteiger charge is 2.14. The number of hydrogen-bond acceptors (Lipinski definition) is 4. The monoisotopic (exact) mass is 351 g/mol. The number of aliphatic imine (C=N–C) groups is 1. The van der Waals surface area contributed by atoms with Crippen molar-refractivity contribution in [1.82, 2.24) is 19.9 Å². The van der Waals surface area contributed by atoms with Crippen LogP contribution in [0.3, 0.4) is 0 Å². The van der Waals surface area contributed by atoms with Crippen LogP contribution >= 0.6 is 11.6 Å². The molecule has 1 aliphatic rings. The van der Waals surface area contributed by atoms with Crippen LogP contribution in [0.4, 0.5) is 8.78 Å². The van der Waals surface area contributed by atoms with E-state index in [1.165, 1.54) is 16.8 Å². The molecule has 0 N–H and O–H groups in total. The summed E-state index contributed by atoms with van der Waals surface area (Å²) < 4.78 is 27.4. The van der Waals surface area contributed by atoms with E-state index in [4.69, 9.17) is 11.6 Å². The minimum Gasteiger partial charge on any atom is -0.352 e. The molecule has 5 nitrogen and oxygen atoms in total. The molecule has 0 atom stereocenters. The van der Waals surface area contributed by atoms with E-state index in [0.29, 0.717) is 18.9 Å². The van der Waals surface area contributed by atoms with Gasteiger partial charge in [-0.25, -0.2) is 13.5 Å². The lowest BCUT2D eigenvalue weighted by atomic mass is 10.2. The lowest BCUT2D eigenvalue weighted by molar-refractivity contribution is 0.151. The maximum Gasteiger partial charge on any atom is 0.265 e. The van der Waals surface area contributed by atoms with E-state index in [1.54, 1.807) is 12.3 Å². The average molecular weight is 352 g/mol. The highest BCUT2D eigenvalue weighted by Crippen LogP contribution is 2.28. The standard InChI is InChI=1S/C16H16ClF2N5/c1-2-11-6-20-10-23(7-11)8-12-9-24(22-21-12)13-3-4-15(17)14(5-13)16(18)19/h3-7,9,16H,2,8,10H2,1H3. The Morgan fingerprint density at radius 2 is 2.17 bits per heavy atom. The highest BCUT2D eigenvalue weighted by atomic mass is 35.5. The van der Waals surface area contributed by atoms with Gasteiger partial charge in [-0.1, -0.05) is 23.7 Å². The predicted octanol–water partition coefficient (Wildman–Crippen LogP) is 4.00. The third-order valence-electron chi connectivity index (χ3n) is 3.66. The Labute approximate surface area is 143 Å². The lowest BCUT2D eigenvalue weighted by Crippen LogP contribution is -2.21. The number of allylic oxidation sites excluding steroid dienone is 1. The smallest absolute Gasteiger partial charge is 0.265 e. The van der Waals surface area contributed by atoms with Crippen molar-refractivity contribution in [3.63, 3.8) is 0 Å². The van der Waals surface area contributed by atoms with Gasteiger partial charge in [-0.15, -0.1) is 5.10 Å². The molecular weight excluding hydrogens is 336 g/mol. The molecule has 0 amide bonds. The Kier molecular flexibility index (Phi) is 4.89. The van der Waals surface area contributed by atoms with E-state index < -0.39 is 6.43 Å². The second-order valence-electron chi connectivity index (χ2n) is 5.42. The average Bonchev–Trinajstić information content (AvgIpc) is 3.03. The van der Waals surface area contributed by atoms with Gasteiger partial charge in [0.25, 0.3) is 6.43 Å². The van der Waals surface area contributed by atoms with Crippen LogP contribution in [0.5, 0.6) is 0 Å². The minimum absolute atomic E-state index is 0.0394.